The molecule has 0 amide bonds. The minimum Gasteiger partial charge on any atom is -0.489 e. The number of carboxylic acids is 1. The van der Waals surface area contributed by atoms with Gasteiger partial charge in [-0.15, -0.1) is 0 Å². The van der Waals surface area contributed by atoms with E-state index in [0.29, 0.717) is 17.1 Å². The Kier molecular flexibility index (Phi) is 6.93. The fourth-order valence-electron chi connectivity index (χ4n) is 3.97. The van der Waals surface area contributed by atoms with E-state index in [1.165, 1.54) is 6.07 Å². The van der Waals surface area contributed by atoms with Crippen LogP contribution in [0.2, 0.25) is 0 Å². The number of aromatic nitrogens is 2. The summed E-state index contributed by atoms with van der Waals surface area (Å²) in [5, 5.41) is 8.96. The molecule has 1 aliphatic heterocycles. The van der Waals surface area contributed by atoms with Gasteiger partial charge in [-0.05, 0) is 47.9 Å². The number of hydrogen-bond donors (Lipinski definition) is 1. The highest BCUT2D eigenvalue weighted by Crippen LogP contribution is 2.24. The zero-order chi connectivity index (χ0) is 23.4. The Morgan fingerprint density at radius 1 is 1.18 bits per heavy atom. The first-order valence-electron chi connectivity index (χ1n) is 10.8. The van der Waals surface area contributed by atoms with Gasteiger partial charge >= 0.3 is 5.97 Å². The van der Waals surface area contributed by atoms with Crippen molar-refractivity contribution in [2.75, 3.05) is 13.1 Å². The molecule has 172 valence electrons. The molecule has 1 aromatic heterocycles. The molecule has 0 saturated heterocycles. The van der Waals surface area contributed by atoms with E-state index in [0.717, 1.165) is 55.0 Å². The third kappa shape index (κ3) is 5.90. The van der Waals surface area contributed by atoms with Crippen LogP contribution < -0.4 is 4.74 Å². The van der Waals surface area contributed by atoms with Gasteiger partial charge in [0, 0.05) is 49.8 Å². The molecule has 1 aliphatic rings. The fourth-order valence-corrected chi connectivity index (χ4v) is 3.97. The van der Waals surface area contributed by atoms with E-state index in [2.05, 4.69) is 9.88 Å². The first-order valence-corrected chi connectivity index (χ1v) is 10.8. The standard InChI is InChI=1S/C25H25F2N3O3/c1-16(10-24(31)32)13-30-9-8-23-19(14-30)12-28-25(29-23)18-3-5-20(6-4-18)33-15-17-2-7-21(26)22(27)11-17/h2-7,11-12,16H,8-10,13-15H2,1H3,(H,31,32). The van der Waals surface area contributed by atoms with E-state index >= 15 is 0 Å². The summed E-state index contributed by atoms with van der Waals surface area (Å²) >= 11 is 0. The lowest BCUT2D eigenvalue weighted by Crippen LogP contribution is -2.35. The maximum Gasteiger partial charge on any atom is 0.303 e. The minimum absolute atomic E-state index is 0.0899. The van der Waals surface area contributed by atoms with Gasteiger partial charge in [-0.25, -0.2) is 18.7 Å². The molecule has 0 saturated carbocycles. The second-order valence-electron chi connectivity index (χ2n) is 8.42. The third-order valence-electron chi connectivity index (χ3n) is 5.61. The molecule has 1 N–H and O–H groups in total. The fraction of sp³-hybridized carbons (Fsp3) is 0.320. The molecule has 4 rings (SSSR count). The molecule has 0 spiro atoms. The van der Waals surface area contributed by atoms with Crippen molar-refractivity contribution in [2.24, 2.45) is 5.92 Å². The second kappa shape index (κ2) is 10.0. The zero-order valence-corrected chi connectivity index (χ0v) is 18.3. The molecule has 33 heavy (non-hydrogen) atoms. The molecule has 0 radical (unpaired) electrons. The number of carbonyl (C=O) groups is 1. The van der Waals surface area contributed by atoms with Crippen LogP contribution in [0.5, 0.6) is 5.75 Å². The highest BCUT2D eigenvalue weighted by Gasteiger charge is 2.21. The van der Waals surface area contributed by atoms with Gasteiger partial charge in [0.25, 0.3) is 0 Å². The van der Waals surface area contributed by atoms with Gasteiger partial charge in [-0.2, -0.15) is 0 Å². The van der Waals surface area contributed by atoms with Crippen LogP contribution in [0.4, 0.5) is 8.78 Å². The van der Waals surface area contributed by atoms with Crippen LogP contribution in [-0.2, 0) is 24.4 Å². The van der Waals surface area contributed by atoms with Crippen molar-refractivity contribution >= 4 is 5.97 Å². The van der Waals surface area contributed by atoms with E-state index < -0.39 is 17.6 Å². The summed E-state index contributed by atoms with van der Waals surface area (Å²) < 4.78 is 32.0. The summed E-state index contributed by atoms with van der Waals surface area (Å²) in [4.78, 5) is 22.4. The summed E-state index contributed by atoms with van der Waals surface area (Å²) in [5.41, 5.74) is 3.48. The topological polar surface area (TPSA) is 75.5 Å². The van der Waals surface area contributed by atoms with Gasteiger partial charge < -0.3 is 9.84 Å². The second-order valence-corrected chi connectivity index (χ2v) is 8.42. The lowest BCUT2D eigenvalue weighted by Gasteiger charge is -2.29. The number of rotatable bonds is 8. The molecule has 6 nitrogen and oxygen atoms in total. The number of aliphatic carboxylic acids is 1. The number of fused-ring (bicyclic) bond motifs is 1. The van der Waals surface area contributed by atoms with Crippen LogP contribution in [0.25, 0.3) is 11.4 Å². The summed E-state index contributed by atoms with van der Waals surface area (Å²) in [6.45, 7) is 4.38. The number of benzene rings is 2. The monoisotopic (exact) mass is 453 g/mol. The Morgan fingerprint density at radius 3 is 2.70 bits per heavy atom. The number of nitrogens with zero attached hydrogens (tertiary/aromatic N) is 3. The van der Waals surface area contributed by atoms with Crippen LogP contribution in [0.15, 0.2) is 48.7 Å². The van der Waals surface area contributed by atoms with E-state index in [1.807, 2.05) is 25.3 Å². The average Bonchev–Trinajstić information content (AvgIpc) is 2.79. The van der Waals surface area contributed by atoms with E-state index in [4.69, 9.17) is 14.8 Å². The molecule has 1 atom stereocenters. The Morgan fingerprint density at radius 2 is 1.97 bits per heavy atom. The summed E-state index contributed by atoms with van der Waals surface area (Å²) in [5.74, 6) is -1.22. The lowest BCUT2D eigenvalue weighted by atomic mass is 10.0. The normalized spacial score (nSPS) is 14.5. The number of ether oxygens (including phenoxy) is 1. The van der Waals surface area contributed by atoms with E-state index in [-0.39, 0.29) is 18.9 Å². The van der Waals surface area contributed by atoms with Gasteiger partial charge in [-0.1, -0.05) is 13.0 Å². The number of carboxylic acid groups (broad SMARTS) is 1. The van der Waals surface area contributed by atoms with Crippen molar-refractivity contribution in [3.05, 3.63) is 77.1 Å². The molecular formula is C25H25F2N3O3. The van der Waals surface area contributed by atoms with E-state index in [9.17, 15) is 13.6 Å². The quantitative estimate of drug-likeness (QED) is 0.543. The highest BCUT2D eigenvalue weighted by atomic mass is 19.2. The van der Waals surface area contributed by atoms with Crippen LogP contribution in [0.3, 0.4) is 0 Å². The molecule has 8 heteroatoms. The average molecular weight is 453 g/mol. The lowest BCUT2D eigenvalue weighted by molar-refractivity contribution is -0.138. The van der Waals surface area contributed by atoms with Crippen LogP contribution in [0, 0.1) is 17.6 Å². The predicted molar refractivity (Wildman–Crippen MR) is 119 cm³/mol. The summed E-state index contributed by atoms with van der Waals surface area (Å²) in [7, 11) is 0. The smallest absolute Gasteiger partial charge is 0.303 e. The Bertz CT molecular complexity index is 1140. The molecule has 2 heterocycles. The third-order valence-corrected chi connectivity index (χ3v) is 5.61. The minimum atomic E-state index is -0.895. The van der Waals surface area contributed by atoms with Crippen molar-refractivity contribution in [1.82, 2.24) is 14.9 Å². The first kappa shape index (κ1) is 22.8. The molecule has 1 unspecified atom stereocenters. The van der Waals surface area contributed by atoms with Gasteiger partial charge in [0.1, 0.15) is 12.4 Å². The first-order chi connectivity index (χ1) is 15.9. The Hall–Kier alpha value is -3.39. The Balaban J connectivity index is 1.37. The van der Waals surface area contributed by atoms with Crippen molar-refractivity contribution in [3.8, 4) is 17.1 Å². The van der Waals surface area contributed by atoms with Crippen molar-refractivity contribution in [2.45, 2.75) is 32.9 Å². The molecule has 0 fully saturated rings. The zero-order valence-electron chi connectivity index (χ0n) is 18.3. The van der Waals surface area contributed by atoms with Crippen LogP contribution in [-0.4, -0.2) is 39.0 Å². The number of hydrogen-bond acceptors (Lipinski definition) is 5. The SMILES string of the molecule is CC(CC(=O)O)CN1CCc2nc(-c3ccc(OCc4ccc(F)c(F)c4)cc3)ncc2C1. The van der Waals surface area contributed by atoms with Crippen LogP contribution in [0.1, 0.15) is 30.2 Å². The van der Waals surface area contributed by atoms with Gasteiger partial charge in [0.2, 0.25) is 0 Å². The maximum atomic E-state index is 13.3. The molecular weight excluding hydrogens is 428 g/mol. The van der Waals surface area contributed by atoms with Gasteiger partial charge in [0.15, 0.2) is 17.5 Å². The van der Waals surface area contributed by atoms with Crippen LogP contribution >= 0.6 is 0 Å². The van der Waals surface area contributed by atoms with Crippen molar-refractivity contribution < 1.29 is 23.4 Å². The maximum absolute atomic E-state index is 13.3. The summed E-state index contributed by atoms with van der Waals surface area (Å²) in [6.07, 6.45) is 2.80. The van der Waals surface area contributed by atoms with E-state index in [1.54, 1.807) is 12.1 Å². The van der Waals surface area contributed by atoms with Crippen molar-refractivity contribution in [1.29, 1.82) is 0 Å². The molecule has 0 aliphatic carbocycles. The summed E-state index contributed by atoms with van der Waals surface area (Å²) in [6, 6.07) is 11.0. The van der Waals surface area contributed by atoms with Crippen molar-refractivity contribution in [3.63, 3.8) is 0 Å². The predicted octanol–water partition coefficient (Wildman–Crippen LogP) is 4.47. The Labute approximate surface area is 190 Å². The highest BCUT2D eigenvalue weighted by molar-refractivity contribution is 5.67. The molecule has 3 aromatic rings. The van der Waals surface area contributed by atoms with Gasteiger partial charge in [-0.3, -0.25) is 9.69 Å². The largest absolute Gasteiger partial charge is 0.489 e. The van der Waals surface area contributed by atoms with Gasteiger partial charge in [0.05, 0.1) is 5.69 Å². The number of halogens is 2. The molecule has 0 bridgehead atoms. The molecule has 2 aromatic carbocycles.